The van der Waals surface area contributed by atoms with Crippen LogP contribution >= 0.6 is 0 Å². The molecule has 0 bridgehead atoms. The van der Waals surface area contributed by atoms with E-state index in [4.69, 9.17) is 14.3 Å². The highest BCUT2D eigenvalue weighted by molar-refractivity contribution is 5.88. The van der Waals surface area contributed by atoms with Crippen LogP contribution in [0.15, 0.2) is 48.6 Å². The Bertz CT molecular complexity index is 1080. The van der Waals surface area contributed by atoms with Gasteiger partial charge in [0.15, 0.2) is 28.8 Å². The van der Waals surface area contributed by atoms with Gasteiger partial charge in [0.25, 0.3) is 0 Å². The number of aromatic hydroxyl groups is 4. The number of hydrogen-bond acceptors (Lipinski definition) is 12. The second-order valence-corrected chi connectivity index (χ2v) is 7.99. The zero-order chi connectivity index (χ0) is 27.8. The first-order valence-electron chi connectivity index (χ1n) is 10.7. The van der Waals surface area contributed by atoms with Crippen molar-refractivity contribution >= 4 is 30.9 Å². The molecule has 0 spiro atoms. The van der Waals surface area contributed by atoms with Crippen LogP contribution in [-0.4, -0.2) is 78.6 Å². The summed E-state index contributed by atoms with van der Waals surface area (Å²) in [4.78, 5) is 32.4. The summed E-state index contributed by atoms with van der Waals surface area (Å²) in [6, 6.07) is 7.67. The van der Waals surface area contributed by atoms with E-state index in [2.05, 4.69) is 0 Å². The van der Waals surface area contributed by atoms with Crippen LogP contribution in [0.25, 0.3) is 12.2 Å². The molecule has 0 heterocycles. The molecule has 2 aromatic carbocycles. The first-order valence-corrected chi connectivity index (χ1v) is 10.7. The molecule has 2 unspecified atom stereocenters. The Morgan fingerprint density at radius 2 is 1.14 bits per heavy atom. The lowest BCUT2D eigenvalue weighted by atomic mass is 9.87. The molecular formula is C25H26O12. The molecular weight excluding hydrogens is 492 g/mol. The highest BCUT2D eigenvalue weighted by Crippen LogP contribution is 2.31. The second-order valence-electron chi connectivity index (χ2n) is 7.99. The highest BCUT2D eigenvalue weighted by Gasteiger charge is 2.47. The van der Waals surface area contributed by atoms with Gasteiger partial charge in [-0.05, 0) is 47.5 Å². The highest BCUT2D eigenvalue weighted by atomic mass is 16.6. The van der Waals surface area contributed by atoms with E-state index in [1.54, 1.807) is 0 Å². The Morgan fingerprint density at radius 3 is 1.49 bits per heavy atom. The van der Waals surface area contributed by atoms with E-state index < -0.39 is 60.4 Å². The number of carbonyl (C=O) groups excluding carboxylic acids is 3. The fourth-order valence-corrected chi connectivity index (χ4v) is 3.43. The minimum atomic E-state index is -2.39. The van der Waals surface area contributed by atoms with Crippen LogP contribution in [0.3, 0.4) is 0 Å². The van der Waals surface area contributed by atoms with Gasteiger partial charge in [-0.2, -0.15) is 0 Å². The maximum absolute atomic E-state index is 12.2. The van der Waals surface area contributed by atoms with Crippen LogP contribution in [0.1, 0.15) is 24.0 Å². The van der Waals surface area contributed by atoms with Crippen LogP contribution in [0.4, 0.5) is 0 Å². The summed E-state index contributed by atoms with van der Waals surface area (Å²) in [5.41, 5.74) is 0.723. The lowest BCUT2D eigenvalue weighted by Gasteiger charge is -2.39. The number of aliphatic hydroxyl groups excluding tert-OH is 1. The van der Waals surface area contributed by atoms with E-state index in [9.17, 15) is 45.3 Å². The van der Waals surface area contributed by atoms with Crippen molar-refractivity contribution < 1.29 is 59.6 Å². The van der Waals surface area contributed by atoms with Crippen LogP contribution in [-0.2, 0) is 23.9 Å². The molecule has 1 aliphatic rings. The van der Waals surface area contributed by atoms with Gasteiger partial charge in [-0.1, -0.05) is 12.1 Å². The topological polar surface area (TPSA) is 211 Å². The van der Waals surface area contributed by atoms with E-state index in [-0.39, 0.29) is 11.5 Å². The summed E-state index contributed by atoms with van der Waals surface area (Å²) in [6.45, 7) is 2.00. The maximum atomic E-state index is 12.2. The van der Waals surface area contributed by atoms with Crippen molar-refractivity contribution in [3.05, 3.63) is 59.7 Å². The van der Waals surface area contributed by atoms with Crippen molar-refractivity contribution in [1.82, 2.24) is 0 Å². The molecule has 198 valence electrons. The van der Waals surface area contributed by atoms with E-state index in [1.807, 2.05) is 6.79 Å². The number of hydrogen-bond donors (Lipinski definition) is 7. The fraction of sp³-hybridized carbons (Fsp3) is 0.240. The van der Waals surface area contributed by atoms with Gasteiger partial charge in [-0.15, -0.1) is 0 Å². The summed E-state index contributed by atoms with van der Waals surface area (Å²) in [7, 11) is 0. The van der Waals surface area contributed by atoms with Crippen molar-refractivity contribution in [2.75, 3.05) is 0 Å². The molecule has 0 aromatic heterocycles. The summed E-state index contributed by atoms with van der Waals surface area (Å²) in [5, 5.41) is 68.3. The zero-order valence-electron chi connectivity index (χ0n) is 19.3. The first kappa shape index (κ1) is 28.8. The van der Waals surface area contributed by atoms with Gasteiger partial charge in [-0.3, -0.25) is 0 Å². The predicted molar refractivity (Wildman–Crippen MR) is 127 cm³/mol. The Balaban J connectivity index is 0.00000235. The smallest absolute Gasteiger partial charge is 0.331 e. The Morgan fingerprint density at radius 1 is 0.757 bits per heavy atom. The molecule has 0 amide bonds. The van der Waals surface area contributed by atoms with E-state index >= 15 is 0 Å². The summed E-state index contributed by atoms with van der Waals surface area (Å²) >= 11 is 0. The summed E-state index contributed by atoms with van der Waals surface area (Å²) in [6.07, 6.45) is -0.987. The molecule has 0 saturated heterocycles. The molecule has 2 atom stereocenters. The second kappa shape index (κ2) is 12.5. The van der Waals surface area contributed by atoms with Crippen molar-refractivity contribution in [1.29, 1.82) is 0 Å². The molecule has 12 heteroatoms. The average Bonchev–Trinajstić information content (AvgIpc) is 2.84. The number of phenolic OH excluding ortho intramolecular Hbond substituents is 4. The van der Waals surface area contributed by atoms with Gasteiger partial charge in [-0.25, -0.2) is 9.59 Å². The maximum Gasteiger partial charge on any atom is 0.331 e. The van der Waals surface area contributed by atoms with Crippen LogP contribution < -0.4 is 0 Å². The van der Waals surface area contributed by atoms with Crippen LogP contribution in [0.2, 0.25) is 0 Å². The van der Waals surface area contributed by atoms with Crippen molar-refractivity contribution in [2.24, 2.45) is 0 Å². The standard InChI is InChI=1S/C24H24O11.CH2O/c25-15-5-1-13(9-17(15)27)3-7-21(29)34-19-11-24(32,33)12-20(23(19)31)35-22(30)8-4-14-2-6-16(26)18(28)10-14;1-2/h1-10,19-20,23,25-28,31-33H,11-12H2;1H2/b7-3+,8-4+;. The van der Waals surface area contributed by atoms with E-state index in [1.165, 1.54) is 48.6 Å². The molecule has 1 aliphatic carbocycles. The van der Waals surface area contributed by atoms with Gasteiger partial charge in [0, 0.05) is 25.0 Å². The van der Waals surface area contributed by atoms with E-state index in [0.717, 1.165) is 12.2 Å². The van der Waals surface area contributed by atoms with Crippen LogP contribution in [0.5, 0.6) is 23.0 Å². The van der Waals surface area contributed by atoms with Crippen molar-refractivity contribution in [3.8, 4) is 23.0 Å². The SMILES string of the molecule is C=O.O=C(/C=C/c1ccc(O)c(O)c1)OC1CC(O)(O)CC(OC(=O)/C=C/c2ccc(O)c(O)c2)C1O. The Kier molecular flexibility index (Phi) is 9.77. The van der Waals surface area contributed by atoms with Gasteiger partial charge in [0.1, 0.15) is 25.1 Å². The molecule has 7 N–H and O–H groups in total. The molecule has 1 saturated carbocycles. The monoisotopic (exact) mass is 518 g/mol. The summed E-state index contributed by atoms with van der Waals surface area (Å²) < 4.78 is 10.2. The molecule has 0 radical (unpaired) electrons. The molecule has 3 rings (SSSR count). The minimum Gasteiger partial charge on any atom is -0.504 e. The zero-order valence-corrected chi connectivity index (χ0v) is 19.3. The largest absolute Gasteiger partial charge is 0.504 e. The van der Waals surface area contributed by atoms with Gasteiger partial charge in [0.05, 0.1) is 0 Å². The fourth-order valence-electron chi connectivity index (χ4n) is 3.43. The quantitative estimate of drug-likeness (QED) is 0.122. The third kappa shape index (κ3) is 8.35. The predicted octanol–water partition coefficient (Wildman–Crippen LogP) is 0.710. The molecule has 2 aromatic rings. The minimum absolute atomic E-state index is 0.339. The lowest BCUT2D eigenvalue weighted by molar-refractivity contribution is -0.251. The Labute approximate surface area is 210 Å². The molecule has 0 aliphatic heterocycles. The number of phenols is 4. The van der Waals surface area contributed by atoms with Crippen molar-refractivity contribution in [2.45, 2.75) is 36.9 Å². The number of carbonyl (C=O) groups is 3. The molecule has 1 fully saturated rings. The van der Waals surface area contributed by atoms with Gasteiger partial charge in [0.2, 0.25) is 0 Å². The average molecular weight is 518 g/mol. The van der Waals surface area contributed by atoms with Gasteiger partial charge >= 0.3 is 11.9 Å². The molecule has 12 nitrogen and oxygen atoms in total. The van der Waals surface area contributed by atoms with Crippen LogP contribution in [0, 0.1) is 0 Å². The van der Waals surface area contributed by atoms with Crippen molar-refractivity contribution in [3.63, 3.8) is 0 Å². The molecule has 37 heavy (non-hydrogen) atoms. The lowest BCUT2D eigenvalue weighted by Crippen LogP contribution is -2.55. The number of ether oxygens (including phenoxy) is 2. The number of aliphatic hydroxyl groups is 3. The normalized spacial score (nSPS) is 20.7. The Hall–Kier alpha value is -4.39. The van der Waals surface area contributed by atoms with Gasteiger partial charge < -0.3 is 50.0 Å². The number of benzene rings is 2. The number of esters is 2. The summed E-state index contributed by atoms with van der Waals surface area (Å²) in [5.74, 6) is -5.76. The number of rotatable bonds is 6. The van der Waals surface area contributed by atoms with E-state index in [0.29, 0.717) is 11.1 Å². The third-order valence-electron chi connectivity index (χ3n) is 5.18. The first-order chi connectivity index (χ1) is 17.4. The third-order valence-corrected chi connectivity index (χ3v) is 5.18.